The number of hydrogen-bond acceptors (Lipinski definition) is 17. The Morgan fingerprint density at radius 3 is 2.12 bits per heavy atom. The van der Waals surface area contributed by atoms with E-state index in [2.05, 4.69) is 4.98 Å². The van der Waals surface area contributed by atoms with E-state index >= 15 is 0 Å². The van der Waals surface area contributed by atoms with Crippen LogP contribution in [0.5, 0.6) is 0 Å². The number of aliphatic hydroxyl groups excluding tert-OH is 2. The van der Waals surface area contributed by atoms with Crippen LogP contribution in [0, 0.1) is 17.3 Å². The number of aliphatic hydroxyl groups is 3. The first kappa shape index (κ1) is 38.1. The van der Waals surface area contributed by atoms with Gasteiger partial charge in [0, 0.05) is 45.7 Å². The van der Waals surface area contributed by atoms with Gasteiger partial charge in [0.05, 0.1) is 23.3 Å². The summed E-state index contributed by atoms with van der Waals surface area (Å²) >= 11 is 0. The van der Waals surface area contributed by atoms with Crippen molar-refractivity contribution in [3.63, 3.8) is 0 Å². The average molecular weight is 722 g/mol. The normalized spacial score (nSPS) is 41.6. The Kier molecular flexibility index (Phi) is 9.77. The van der Waals surface area contributed by atoms with Crippen molar-refractivity contribution in [2.24, 2.45) is 17.3 Å². The zero-order valence-electron chi connectivity index (χ0n) is 29.4. The standard InChI is InChI=1S/C34H43NO16/c1-14-15(2)29(42)50-27-24(47-17(4)37)28(49-19(6)39)33(13-45-16(3)36)26(48-18(5)38)23(40)21-25(41)34(33,32(27,8)44)51-31(21,7)12-46-30(43)20-10-9-11-35-22(14)20/h9-11,14-15,21,23-28,40-41,44H,12-13H2,1-8H3/t14-,15+,21+,23-,24-,25+,26+,27-,28-,31-,32-,33+,34-/m0/s1. The molecule has 1 saturated heterocycles. The van der Waals surface area contributed by atoms with Gasteiger partial charge in [0.1, 0.15) is 47.6 Å². The predicted octanol–water partition coefficient (Wildman–Crippen LogP) is -0.108. The lowest BCUT2D eigenvalue weighted by atomic mass is 9.45. The number of nitrogens with zero attached hydrogens (tertiary/aromatic N) is 1. The second-order valence-electron chi connectivity index (χ2n) is 14.2. The third kappa shape index (κ3) is 5.64. The maximum absolute atomic E-state index is 14.1. The second-order valence-corrected chi connectivity index (χ2v) is 14.2. The summed E-state index contributed by atoms with van der Waals surface area (Å²) in [7, 11) is 0. The largest absolute Gasteiger partial charge is 0.465 e. The predicted molar refractivity (Wildman–Crippen MR) is 166 cm³/mol. The molecule has 280 valence electrons. The number of aromatic nitrogens is 1. The molecule has 0 radical (unpaired) electrons. The van der Waals surface area contributed by atoms with Crippen molar-refractivity contribution >= 4 is 35.8 Å². The number of cyclic esters (lactones) is 1. The zero-order chi connectivity index (χ0) is 38.0. The molecule has 17 heteroatoms. The fourth-order valence-corrected chi connectivity index (χ4v) is 8.67. The molecule has 1 aromatic rings. The first-order valence-electron chi connectivity index (χ1n) is 16.4. The lowest BCUT2D eigenvalue weighted by Gasteiger charge is -2.67. The van der Waals surface area contributed by atoms with E-state index in [9.17, 15) is 44.1 Å². The summed E-state index contributed by atoms with van der Waals surface area (Å²) in [5, 5.41) is 37.6. The van der Waals surface area contributed by atoms with Gasteiger partial charge < -0.3 is 48.5 Å². The Labute approximate surface area is 292 Å². The molecule has 1 spiro atoms. The van der Waals surface area contributed by atoms with Gasteiger partial charge in [0.25, 0.3) is 0 Å². The summed E-state index contributed by atoms with van der Waals surface area (Å²) in [6.45, 7) is 7.82. The number of fused-ring (bicyclic) bond motifs is 5. The molecule has 51 heavy (non-hydrogen) atoms. The third-order valence-corrected chi connectivity index (χ3v) is 10.9. The highest BCUT2D eigenvalue weighted by molar-refractivity contribution is 5.91. The highest BCUT2D eigenvalue weighted by Gasteiger charge is 2.90. The van der Waals surface area contributed by atoms with Gasteiger partial charge in [0.15, 0.2) is 18.3 Å². The molecule has 3 fully saturated rings. The van der Waals surface area contributed by atoms with Crippen LogP contribution in [0.3, 0.4) is 0 Å². The van der Waals surface area contributed by atoms with Gasteiger partial charge in [-0.2, -0.15) is 0 Å². The van der Waals surface area contributed by atoms with Crippen LogP contribution in [-0.4, -0.2) is 123 Å². The van der Waals surface area contributed by atoms with E-state index in [1.54, 1.807) is 6.92 Å². The van der Waals surface area contributed by atoms with Crippen LogP contribution >= 0.6 is 0 Å². The number of ether oxygens (including phenoxy) is 7. The number of pyridine rings is 1. The van der Waals surface area contributed by atoms with E-state index in [0.717, 1.165) is 34.6 Å². The molecular formula is C34H43NO16. The Morgan fingerprint density at radius 1 is 0.922 bits per heavy atom. The van der Waals surface area contributed by atoms with E-state index < -0.39 is 126 Å². The third-order valence-electron chi connectivity index (χ3n) is 10.9. The minimum atomic E-state index is -2.74. The summed E-state index contributed by atoms with van der Waals surface area (Å²) in [6, 6.07) is 2.92. The molecule has 17 nitrogen and oxygen atoms in total. The molecule has 4 aliphatic rings. The van der Waals surface area contributed by atoms with Gasteiger partial charge in [-0.05, 0) is 26.0 Å². The van der Waals surface area contributed by atoms with Crippen LogP contribution in [0.15, 0.2) is 18.3 Å². The fraction of sp³-hybridized carbons (Fsp3) is 0.676. The molecule has 3 N–H and O–H groups in total. The Morgan fingerprint density at radius 2 is 1.53 bits per heavy atom. The van der Waals surface area contributed by atoms with E-state index in [1.807, 2.05) is 0 Å². The van der Waals surface area contributed by atoms with Crippen molar-refractivity contribution in [3.8, 4) is 0 Å². The first-order valence-corrected chi connectivity index (χ1v) is 16.4. The average Bonchev–Trinajstić information content (AvgIpc) is 3.25. The minimum Gasteiger partial charge on any atom is -0.465 e. The second kappa shape index (κ2) is 13.1. The molecule has 4 bridgehead atoms. The number of hydrogen-bond donors (Lipinski definition) is 3. The van der Waals surface area contributed by atoms with Crippen molar-refractivity contribution in [3.05, 3.63) is 29.6 Å². The zero-order valence-corrected chi connectivity index (χ0v) is 29.4. The molecule has 2 saturated carbocycles. The number of carbonyl (C=O) groups is 6. The topological polar surface area (TPSA) is 241 Å². The quantitative estimate of drug-likeness (QED) is 0.265. The Bertz CT molecular complexity index is 1630. The maximum atomic E-state index is 14.1. The molecule has 13 atom stereocenters. The molecule has 1 aromatic heterocycles. The van der Waals surface area contributed by atoms with Gasteiger partial charge in [-0.3, -0.25) is 29.0 Å². The SMILES string of the molecule is CC(=O)OC[C@]12[C@H](OC(C)=O)[C@@H](O)[C@@H]3[C@@H](O)[C@@]14O[C@@]3(C)COC(=O)c1cccnc1[C@@H](C)[C@@H](C)C(=O)O[C@@H]([C@H](OC(C)=O)[C@@H]2OC(C)=O)[C@]4(C)O. The molecule has 2 aliphatic heterocycles. The number of rotatable bonds is 5. The summed E-state index contributed by atoms with van der Waals surface area (Å²) in [5.41, 5.74) is -9.73. The number of esters is 6. The van der Waals surface area contributed by atoms with E-state index in [1.165, 1.54) is 32.2 Å². The van der Waals surface area contributed by atoms with Gasteiger partial charge in [-0.25, -0.2) is 4.79 Å². The monoisotopic (exact) mass is 721 g/mol. The van der Waals surface area contributed by atoms with Gasteiger partial charge in [-0.1, -0.05) is 13.8 Å². The van der Waals surface area contributed by atoms with Crippen molar-refractivity contribution in [2.45, 2.75) is 115 Å². The lowest BCUT2D eigenvalue weighted by molar-refractivity contribution is -0.386. The fourth-order valence-electron chi connectivity index (χ4n) is 8.67. The smallest absolute Gasteiger partial charge is 0.340 e. The molecule has 5 rings (SSSR count). The Balaban J connectivity index is 1.91. The molecule has 2 aliphatic carbocycles. The Hall–Kier alpha value is -4.19. The van der Waals surface area contributed by atoms with Gasteiger partial charge in [0.2, 0.25) is 0 Å². The van der Waals surface area contributed by atoms with E-state index in [4.69, 9.17) is 33.2 Å². The van der Waals surface area contributed by atoms with Gasteiger partial charge in [-0.15, -0.1) is 0 Å². The van der Waals surface area contributed by atoms with Crippen molar-refractivity contribution < 1.29 is 77.2 Å². The van der Waals surface area contributed by atoms with E-state index in [0.29, 0.717) is 0 Å². The van der Waals surface area contributed by atoms with Gasteiger partial charge >= 0.3 is 35.8 Å². The number of carbonyl (C=O) groups excluding carboxylic acids is 6. The van der Waals surface area contributed by atoms with Crippen LogP contribution in [0.2, 0.25) is 0 Å². The molecule has 3 heterocycles. The van der Waals surface area contributed by atoms with Crippen LogP contribution < -0.4 is 0 Å². The summed E-state index contributed by atoms with van der Waals surface area (Å²) in [4.78, 5) is 83.0. The first-order chi connectivity index (χ1) is 23.7. The molecule has 0 aromatic carbocycles. The minimum absolute atomic E-state index is 0.00700. The van der Waals surface area contributed by atoms with E-state index in [-0.39, 0.29) is 11.3 Å². The molecule has 0 amide bonds. The highest BCUT2D eigenvalue weighted by Crippen LogP contribution is 2.69. The van der Waals surface area contributed by atoms with Crippen LogP contribution in [-0.2, 0) is 57.1 Å². The highest BCUT2D eigenvalue weighted by atomic mass is 16.7. The van der Waals surface area contributed by atoms with Crippen molar-refractivity contribution in [1.82, 2.24) is 4.98 Å². The molecular weight excluding hydrogens is 678 g/mol. The summed E-state index contributed by atoms with van der Waals surface area (Å²) < 4.78 is 41.1. The van der Waals surface area contributed by atoms with Crippen molar-refractivity contribution in [2.75, 3.05) is 13.2 Å². The van der Waals surface area contributed by atoms with Crippen molar-refractivity contribution in [1.29, 1.82) is 0 Å². The maximum Gasteiger partial charge on any atom is 0.340 e. The lowest BCUT2D eigenvalue weighted by Crippen LogP contribution is -2.88. The summed E-state index contributed by atoms with van der Waals surface area (Å²) in [6.07, 6.45) is -10.6. The van der Waals surface area contributed by atoms with Crippen LogP contribution in [0.1, 0.15) is 77.4 Å². The summed E-state index contributed by atoms with van der Waals surface area (Å²) in [5.74, 6) is -9.35. The van der Waals surface area contributed by atoms with Crippen LogP contribution in [0.4, 0.5) is 0 Å². The van der Waals surface area contributed by atoms with Crippen LogP contribution in [0.25, 0.3) is 0 Å². The molecule has 0 unspecified atom stereocenters.